The highest BCUT2D eigenvalue weighted by Crippen LogP contribution is 2.62. The quantitative estimate of drug-likeness (QED) is 0.102. The van der Waals surface area contributed by atoms with Gasteiger partial charge < -0.3 is 9.84 Å². The first-order chi connectivity index (χ1) is 28.1. The monoisotopic (exact) mass is 844 g/mol. The molecule has 0 spiro atoms. The summed E-state index contributed by atoms with van der Waals surface area (Å²) in [6.07, 6.45) is 1.11. The van der Waals surface area contributed by atoms with Crippen molar-refractivity contribution in [1.29, 1.82) is 0 Å². The lowest BCUT2D eigenvalue weighted by Gasteiger charge is -2.49. The van der Waals surface area contributed by atoms with Crippen LogP contribution in [0.2, 0.25) is 10.0 Å². The summed E-state index contributed by atoms with van der Waals surface area (Å²) in [6.45, 7) is 1.40. The van der Waals surface area contributed by atoms with Crippen LogP contribution < -0.4 is 15.1 Å². The molecule has 59 heavy (non-hydrogen) atoms. The van der Waals surface area contributed by atoms with Gasteiger partial charge in [-0.2, -0.15) is 18.2 Å². The van der Waals surface area contributed by atoms with Crippen LogP contribution in [0, 0.1) is 29.6 Å². The third-order valence-corrected chi connectivity index (χ3v) is 12.4. The van der Waals surface area contributed by atoms with E-state index in [4.69, 9.17) is 27.9 Å². The zero-order valence-electron chi connectivity index (χ0n) is 31.2. The van der Waals surface area contributed by atoms with E-state index in [1.165, 1.54) is 44.4 Å². The number of carbonyl (C=O) groups is 5. The topological polar surface area (TPSA) is 146 Å². The second kappa shape index (κ2) is 14.7. The SMILES string of the molecule is COc1cc(C=CC2C3=CCC4C(=O)N(c5ccc(C(C)=O)cc5)C(=O)C4C3CC3C(=O)N(Nc4ncc(C(F)(F)F)cc4Cl)C(=O)C23c2ccc(Cl)cc2)ccc1O. The van der Waals surface area contributed by atoms with E-state index in [2.05, 4.69) is 10.4 Å². The Bertz CT molecular complexity index is 2510. The number of imide groups is 2. The molecule has 2 aliphatic carbocycles. The van der Waals surface area contributed by atoms with Crippen molar-refractivity contribution in [3.05, 3.63) is 129 Å². The second-order valence-corrected chi connectivity index (χ2v) is 15.7. The molecule has 1 aromatic heterocycles. The molecule has 6 unspecified atom stereocenters. The number of nitrogens with one attached hydrogen (secondary N) is 1. The van der Waals surface area contributed by atoms with Crippen LogP contribution in [0.3, 0.4) is 0 Å². The number of rotatable bonds is 8. The number of aromatic nitrogens is 1. The zero-order valence-corrected chi connectivity index (χ0v) is 32.7. The van der Waals surface area contributed by atoms with Crippen molar-refractivity contribution in [2.45, 2.75) is 31.4 Å². The van der Waals surface area contributed by atoms with Crippen molar-refractivity contribution in [3.63, 3.8) is 0 Å². The Morgan fingerprint density at radius 2 is 1.68 bits per heavy atom. The average molecular weight is 846 g/mol. The Balaban J connectivity index is 1.28. The van der Waals surface area contributed by atoms with E-state index < -0.39 is 75.4 Å². The highest BCUT2D eigenvalue weighted by Gasteiger charge is 2.69. The first kappa shape index (κ1) is 39.8. The summed E-state index contributed by atoms with van der Waals surface area (Å²) in [6, 6.07) is 17.8. The van der Waals surface area contributed by atoms with Crippen molar-refractivity contribution in [1.82, 2.24) is 9.99 Å². The van der Waals surface area contributed by atoms with Crippen molar-refractivity contribution < 1.29 is 47.0 Å². The molecule has 302 valence electrons. The first-order valence-electron chi connectivity index (χ1n) is 18.4. The number of pyridine rings is 1. The van der Waals surface area contributed by atoms with Gasteiger partial charge in [-0.3, -0.25) is 34.3 Å². The number of carbonyl (C=O) groups excluding carboxylic acids is 5. The van der Waals surface area contributed by atoms with E-state index in [-0.39, 0.29) is 41.6 Å². The van der Waals surface area contributed by atoms with Crippen LogP contribution in [0.1, 0.15) is 46.8 Å². The number of ketones is 1. The van der Waals surface area contributed by atoms with Gasteiger partial charge in [-0.15, -0.1) is 0 Å². The minimum atomic E-state index is -4.77. The van der Waals surface area contributed by atoms with Crippen LogP contribution in [0.5, 0.6) is 11.5 Å². The summed E-state index contributed by atoms with van der Waals surface area (Å²) in [4.78, 5) is 75.7. The number of nitrogens with zero attached hydrogens (tertiary/aromatic N) is 3. The fraction of sp³-hybridized carbons (Fsp3) is 0.256. The van der Waals surface area contributed by atoms with Gasteiger partial charge in [-0.25, -0.2) is 4.98 Å². The molecular weight excluding hydrogens is 812 g/mol. The number of phenols is 1. The Hall–Kier alpha value is -5.99. The number of benzene rings is 3. The minimum absolute atomic E-state index is 0.0694. The van der Waals surface area contributed by atoms with Crippen LogP contribution in [-0.4, -0.2) is 51.6 Å². The van der Waals surface area contributed by atoms with Crippen molar-refractivity contribution in [2.75, 3.05) is 17.4 Å². The summed E-state index contributed by atoms with van der Waals surface area (Å²) in [5.74, 6) is -7.60. The standard InChI is InChI=1S/C43H33Cl2F3N4O7/c1-21(53)23-5-11-27(12-6-23)51-38(55)29-14-13-28-30(36(29)40(51)57)19-32-39(56)52(50-37-33(45)18-25(20-49-37)43(46,47)48)41(58)42(32,24-7-9-26(44)10-8-24)31(28)15-3-22-4-16-34(54)35(17-22)59-2/h3-13,15-18,20,29-32,36,54H,14,19H2,1-2H3,(H,49,50). The van der Waals surface area contributed by atoms with Gasteiger partial charge in [0.15, 0.2) is 23.1 Å². The fourth-order valence-electron chi connectivity index (χ4n) is 9.13. The summed E-state index contributed by atoms with van der Waals surface area (Å²) in [5, 5.41) is 10.9. The Kier molecular flexibility index (Phi) is 9.91. The normalized spacial score (nSPS) is 25.2. The van der Waals surface area contributed by atoms with Crippen LogP contribution in [0.4, 0.5) is 24.7 Å². The number of hydrogen-bond donors (Lipinski definition) is 2. The first-order valence-corrected chi connectivity index (χ1v) is 19.2. The zero-order chi connectivity index (χ0) is 42.1. The number of amides is 4. The fourth-order valence-corrected chi connectivity index (χ4v) is 9.47. The third kappa shape index (κ3) is 6.45. The summed E-state index contributed by atoms with van der Waals surface area (Å²) in [5.41, 5.74) is 2.00. The van der Waals surface area contributed by atoms with Crippen molar-refractivity contribution in [2.24, 2.45) is 29.6 Å². The largest absolute Gasteiger partial charge is 0.504 e. The predicted molar refractivity (Wildman–Crippen MR) is 210 cm³/mol. The Labute approximate surface area is 345 Å². The summed E-state index contributed by atoms with van der Waals surface area (Å²) >= 11 is 12.6. The number of hydrogen-bond acceptors (Lipinski definition) is 9. The predicted octanol–water partition coefficient (Wildman–Crippen LogP) is 8.06. The van der Waals surface area contributed by atoms with Gasteiger partial charge in [-0.05, 0) is 91.4 Å². The van der Waals surface area contributed by atoms with Gasteiger partial charge in [0.05, 0.1) is 46.6 Å². The van der Waals surface area contributed by atoms with Gasteiger partial charge in [0.25, 0.3) is 11.8 Å². The number of alkyl halides is 3. The number of Topliss-reactive ketones (excluding diaryl/α,β-unsaturated/α-hetero) is 1. The van der Waals surface area contributed by atoms with Crippen LogP contribution in [0.25, 0.3) is 6.08 Å². The molecule has 4 aliphatic rings. The molecule has 2 saturated heterocycles. The number of halogens is 5. The van der Waals surface area contributed by atoms with Crippen molar-refractivity contribution in [3.8, 4) is 11.5 Å². The third-order valence-electron chi connectivity index (χ3n) is 11.8. The molecule has 8 rings (SSSR count). The number of allylic oxidation sites excluding steroid dienone is 3. The lowest BCUT2D eigenvalue weighted by atomic mass is 9.50. The molecule has 1 saturated carbocycles. The Morgan fingerprint density at radius 3 is 2.32 bits per heavy atom. The van der Waals surface area contributed by atoms with Crippen molar-refractivity contribution >= 4 is 70.2 Å². The number of methoxy groups -OCH3 is 1. The van der Waals surface area contributed by atoms with Gasteiger partial charge in [0.2, 0.25) is 11.8 Å². The highest BCUT2D eigenvalue weighted by atomic mass is 35.5. The molecule has 3 fully saturated rings. The number of ether oxygens (including phenoxy) is 1. The Morgan fingerprint density at radius 1 is 0.966 bits per heavy atom. The second-order valence-electron chi connectivity index (χ2n) is 14.9. The maximum Gasteiger partial charge on any atom is 0.417 e. The van der Waals surface area contributed by atoms with E-state index >= 15 is 4.79 Å². The lowest BCUT2D eigenvalue weighted by Crippen LogP contribution is -2.54. The highest BCUT2D eigenvalue weighted by molar-refractivity contribution is 6.33. The van der Waals surface area contributed by atoms with E-state index in [0.717, 1.165) is 4.90 Å². The minimum Gasteiger partial charge on any atom is -0.504 e. The average Bonchev–Trinajstić information content (AvgIpc) is 3.59. The molecule has 0 bridgehead atoms. The smallest absolute Gasteiger partial charge is 0.417 e. The molecule has 4 amide bonds. The number of fused-ring (bicyclic) bond motifs is 4. The van der Waals surface area contributed by atoms with Crippen LogP contribution >= 0.6 is 23.2 Å². The van der Waals surface area contributed by atoms with E-state index in [0.29, 0.717) is 44.6 Å². The van der Waals surface area contributed by atoms with Crippen LogP contribution in [-0.2, 0) is 30.8 Å². The van der Waals surface area contributed by atoms with Gasteiger partial charge >= 0.3 is 6.18 Å². The maximum absolute atomic E-state index is 15.3. The van der Waals surface area contributed by atoms with E-state index in [1.807, 2.05) is 6.08 Å². The molecule has 2 N–H and O–H groups in total. The molecular formula is C43H33Cl2F3N4O7. The summed E-state index contributed by atoms with van der Waals surface area (Å²) < 4.78 is 45.9. The molecule has 2 aliphatic heterocycles. The number of anilines is 2. The van der Waals surface area contributed by atoms with Gasteiger partial charge in [0, 0.05) is 22.7 Å². The molecule has 4 aromatic rings. The maximum atomic E-state index is 15.3. The molecule has 3 aromatic carbocycles. The summed E-state index contributed by atoms with van der Waals surface area (Å²) in [7, 11) is 1.39. The molecule has 3 heterocycles. The van der Waals surface area contributed by atoms with E-state index in [9.17, 15) is 37.5 Å². The molecule has 0 radical (unpaired) electrons. The molecule has 6 atom stereocenters. The number of aromatic hydroxyl groups is 1. The lowest BCUT2D eigenvalue weighted by molar-refractivity contribution is -0.139. The van der Waals surface area contributed by atoms with E-state index in [1.54, 1.807) is 48.6 Å². The van der Waals surface area contributed by atoms with Crippen LogP contribution in [0.15, 0.2) is 96.7 Å². The molecule has 16 heteroatoms. The molecule has 11 nitrogen and oxygen atoms in total. The number of hydrazine groups is 1. The van der Waals surface area contributed by atoms with Gasteiger partial charge in [-0.1, -0.05) is 65.2 Å². The van der Waals surface area contributed by atoms with Gasteiger partial charge in [0.1, 0.15) is 0 Å². The number of phenolic OH excluding ortho intramolecular Hbond substituents is 1.